The molecule has 0 spiro atoms. The van der Waals surface area contributed by atoms with Gasteiger partial charge in [-0.2, -0.15) is 0 Å². The van der Waals surface area contributed by atoms with Crippen molar-refractivity contribution in [3.05, 3.63) is 45.8 Å². The number of anilines is 1. The van der Waals surface area contributed by atoms with E-state index in [1.807, 2.05) is 0 Å². The second-order valence-corrected chi connectivity index (χ2v) is 6.09. The van der Waals surface area contributed by atoms with E-state index in [0.717, 1.165) is 10.8 Å². The first kappa shape index (κ1) is 17.1. The Balaban J connectivity index is 2.45. The smallest absolute Gasteiger partial charge is 0.341 e. The van der Waals surface area contributed by atoms with E-state index in [1.54, 1.807) is 0 Å². The van der Waals surface area contributed by atoms with Crippen LogP contribution in [0.3, 0.4) is 0 Å². The van der Waals surface area contributed by atoms with Crippen molar-refractivity contribution in [1.29, 1.82) is 0 Å². The molecule has 0 bridgehead atoms. The van der Waals surface area contributed by atoms with E-state index in [9.17, 15) is 19.1 Å². The predicted molar refractivity (Wildman–Crippen MR) is 91.0 cm³/mol. The normalized spacial score (nSPS) is 17.3. The van der Waals surface area contributed by atoms with Crippen LogP contribution in [-0.4, -0.2) is 34.8 Å². The molecule has 1 fully saturated rings. The van der Waals surface area contributed by atoms with Crippen LogP contribution in [-0.2, 0) is 0 Å². The van der Waals surface area contributed by atoms with Crippen molar-refractivity contribution in [3.8, 4) is 0 Å². The van der Waals surface area contributed by atoms with Crippen LogP contribution in [0.2, 0.25) is 0 Å². The Kier molecular flexibility index (Phi) is 4.08. The highest BCUT2D eigenvalue weighted by atomic mass is 19.1. The lowest BCUT2D eigenvalue weighted by atomic mass is 10.0. The number of carboxylic acid groups (broad SMARTS) is 1. The minimum Gasteiger partial charge on any atom is -0.477 e. The highest BCUT2D eigenvalue weighted by molar-refractivity contribution is 5.96. The van der Waals surface area contributed by atoms with Gasteiger partial charge >= 0.3 is 5.97 Å². The Morgan fingerprint density at radius 1 is 1.44 bits per heavy atom. The highest BCUT2D eigenvalue weighted by Crippen LogP contribution is 2.34. The summed E-state index contributed by atoms with van der Waals surface area (Å²) in [4.78, 5) is 25.2. The minimum absolute atomic E-state index is 0.101. The number of pyridine rings is 1. The summed E-state index contributed by atoms with van der Waals surface area (Å²) in [7, 11) is 0. The van der Waals surface area contributed by atoms with E-state index in [1.165, 1.54) is 18.0 Å². The maximum absolute atomic E-state index is 15.2. The van der Waals surface area contributed by atoms with E-state index in [0.29, 0.717) is 19.5 Å². The second-order valence-electron chi connectivity index (χ2n) is 6.09. The van der Waals surface area contributed by atoms with Gasteiger partial charge in [0.05, 0.1) is 10.9 Å². The molecule has 0 aliphatic carbocycles. The average molecular weight is 349 g/mol. The van der Waals surface area contributed by atoms with Crippen molar-refractivity contribution < 1.29 is 18.7 Å². The fourth-order valence-corrected chi connectivity index (χ4v) is 3.26. The fourth-order valence-electron chi connectivity index (χ4n) is 3.26. The molecule has 0 saturated carbocycles. The summed E-state index contributed by atoms with van der Waals surface area (Å²) in [5, 5.41) is 8.87. The number of aromatic nitrogens is 1. The molecule has 1 unspecified atom stereocenters. The molecule has 0 amide bonds. The lowest BCUT2D eigenvalue weighted by Crippen LogP contribution is -2.28. The van der Waals surface area contributed by atoms with Crippen LogP contribution in [0.4, 0.5) is 14.5 Å². The molecular formula is C17H17F2N3O3. The van der Waals surface area contributed by atoms with Crippen LogP contribution >= 0.6 is 0 Å². The van der Waals surface area contributed by atoms with Crippen molar-refractivity contribution in [2.75, 3.05) is 18.0 Å². The van der Waals surface area contributed by atoms with Crippen LogP contribution in [0, 0.1) is 18.6 Å². The zero-order valence-corrected chi connectivity index (χ0v) is 13.6. The number of carboxylic acids is 1. The Bertz CT molecular complexity index is 968. The molecule has 6 nitrogen and oxygen atoms in total. The summed E-state index contributed by atoms with van der Waals surface area (Å²) in [6.07, 6.45) is 2.76. The largest absolute Gasteiger partial charge is 0.477 e. The number of nitrogens with zero attached hydrogens (tertiary/aromatic N) is 2. The second kappa shape index (κ2) is 5.96. The number of hydrogen-bond acceptors (Lipinski definition) is 4. The maximum Gasteiger partial charge on any atom is 0.341 e. The summed E-state index contributed by atoms with van der Waals surface area (Å²) in [6.45, 7) is 5.54. The molecule has 1 aliphatic heterocycles. The third-order valence-corrected chi connectivity index (χ3v) is 4.53. The van der Waals surface area contributed by atoms with E-state index in [2.05, 4.69) is 6.58 Å². The number of aryl methyl sites for hydroxylation is 1. The molecule has 8 heteroatoms. The van der Waals surface area contributed by atoms with Gasteiger partial charge in [0.15, 0.2) is 11.6 Å². The molecule has 2 aromatic rings. The molecule has 25 heavy (non-hydrogen) atoms. The molecule has 3 rings (SSSR count). The average Bonchev–Trinajstić information content (AvgIpc) is 2.98. The molecule has 1 saturated heterocycles. The number of nitrogens with two attached hydrogens (primary N) is 1. The van der Waals surface area contributed by atoms with Crippen molar-refractivity contribution >= 4 is 28.8 Å². The van der Waals surface area contributed by atoms with Gasteiger partial charge < -0.3 is 20.3 Å². The quantitative estimate of drug-likeness (QED) is 0.884. The van der Waals surface area contributed by atoms with E-state index in [4.69, 9.17) is 5.73 Å². The van der Waals surface area contributed by atoms with E-state index < -0.39 is 28.6 Å². The third kappa shape index (κ3) is 2.49. The number of benzene rings is 1. The topological polar surface area (TPSA) is 88.6 Å². The lowest BCUT2D eigenvalue weighted by molar-refractivity contribution is 0.0695. The van der Waals surface area contributed by atoms with Crippen LogP contribution in [0.25, 0.3) is 17.1 Å². The van der Waals surface area contributed by atoms with Gasteiger partial charge in [0.25, 0.3) is 0 Å². The van der Waals surface area contributed by atoms with E-state index in [-0.39, 0.29) is 28.2 Å². The Labute approximate surface area is 141 Å². The third-order valence-electron chi connectivity index (χ3n) is 4.53. The summed E-state index contributed by atoms with van der Waals surface area (Å²) >= 11 is 0. The standard InChI is InChI=1S/C17H17F2N3O3/c1-3-21-7-10(17(24)25)16(23)11-8(2)12(18)15(13(19)14(11)21)22-5-4-9(20)6-22/h3,7,9H,1,4-6,20H2,2H3,(H,24,25). The SMILES string of the molecule is C=Cn1cc(C(=O)O)c(=O)c2c(C)c(F)c(N3CCC(N)C3)c(F)c21. The first-order valence-electron chi connectivity index (χ1n) is 7.70. The highest BCUT2D eigenvalue weighted by Gasteiger charge is 2.30. The molecule has 0 radical (unpaired) electrons. The van der Waals surface area contributed by atoms with Gasteiger partial charge in [0.1, 0.15) is 11.3 Å². The molecular weight excluding hydrogens is 332 g/mol. The monoisotopic (exact) mass is 349 g/mol. The molecule has 1 aromatic heterocycles. The zero-order valence-electron chi connectivity index (χ0n) is 13.6. The maximum atomic E-state index is 15.2. The lowest BCUT2D eigenvalue weighted by Gasteiger charge is -2.23. The van der Waals surface area contributed by atoms with Crippen LogP contribution in [0.5, 0.6) is 0 Å². The van der Waals surface area contributed by atoms with Crippen molar-refractivity contribution in [3.63, 3.8) is 0 Å². The van der Waals surface area contributed by atoms with Crippen molar-refractivity contribution in [2.24, 2.45) is 5.73 Å². The molecule has 1 aliphatic rings. The number of fused-ring (bicyclic) bond motifs is 1. The predicted octanol–water partition coefficient (Wildman–Crippen LogP) is 1.92. The zero-order chi connectivity index (χ0) is 18.5. The molecule has 3 N–H and O–H groups in total. The fraction of sp³-hybridized carbons (Fsp3) is 0.294. The summed E-state index contributed by atoms with van der Waals surface area (Å²) < 4.78 is 31.1. The van der Waals surface area contributed by atoms with Gasteiger partial charge in [-0.25, -0.2) is 13.6 Å². The number of halogens is 2. The van der Waals surface area contributed by atoms with Gasteiger partial charge in [0, 0.05) is 37.1 Å². The molecule has 1 atom stereocenters. The Morgan fingerprint density at radius 2 is 2.12 bits per heavy atom. The first-order chi connectivity index (χ1) is 11.8. The van der Waals surface area contributed by atoms with Crippen molar-refractivity contribution in [1.82, 2.24) is 4.57 Å². The van der Waals surface area contributed by atoms with Gasteiger partial charge in [0.2, 0.25) is 5.43 Å². The summed E-state index contributed by atoms with van der Waals surface area (Å²) in [5.74, 6) is -3.28. The van der Waals surface area contributed by atoms with Gasteiger partial charge in [-0.3, -0.25) is 4.79 Å². The number of rotatable bonds is 3. The summed E-state index contributed by atoms with van der Waals surface area (Å²) in [6, 6.07) is -0.189. The first-order valence-corrected chi connectivity index (χ1v) is 7.70. The summed E-state index contributed by atoms with van der Waals surface area (Å²) in [5.41, 5.74) is 3.76. The van der Waals surface area contributed by atoms with Crippen LogP contribution < -0.4 is 16.1 Å². The molecule has 132 valence electrons. The minimum atomic E-state index is -1.47. The van der Waals surface area contributed by atoms with Gasteiger partial charge in [-0.1, -0.05) is 6.58 Å². The van der Waals surface area contributed by atoms with Crippen LogP contribution in [0.1, 0.15) is 22.3 Å². The number of hydrogen-bond donors (Lipinski definition) is 2. The van der Waals surface area contributed by atoms with Crippen LogP contribution in [0.15, 0.2) is 17.6 Å². The Morgan fingerprint density at radius 3 is 2.64 bits per heavy atom. The molecule has 1 aromatic carbocycles. The Hall–Kier alpha value is -2.74. The van der Waals surface area contributed by atoms with E-state index >= 15 is 4.39 Å². The number of aromatic carboxylic acids is 1. The number of carbonyl (C=O) groups is 1. The molecule has 2 heterocycles. The van der Waals surface area contributed by atoms with Gasteiger partial charge in [-0.05, 0) is 13.3 Å². The van der Waals surface area contributed by atoms with Crippen molar-refractivity contribution in [2.45, 2.75) is 19.4 Å². The van der Waals surface area contributed by atoms with Gasteiger partial charge in [-0.15, -0.1) is 0 Å².